The van der Waals surface area contributed by atoms with E-state index in [1.165, 1.54) is 25.1 Å². The van der Waals surface area contributed by atoms with Crippen molar-refractivity contribution in [2.75, 3.05) is 6.61 Å². The topological polar surface area (TPSA) is 46.5 Å². The second-order valence-corrected chi connectivity index (χ2v) is 4.23. The number of ether oxygens (including phenoxy) is 1. The lowest BCUT2D eigenvalue weighted by molar-refractivity contribution is -0.290. The Balaban J connectivity index is 3.03. The van der Waals surface area contributed by atoms with Crippen molar-refractivity contribution in [2.24, 2.45) is 0 Å². The summed E-state index contributed by atoms with van der Waals surface area (Å²) in [6, 6.07) is 4.98. The van der Waals surface area contributed by atoms with E-state index in [1.54, 1.807) is 0 Å². The second-order valence-electron chi connectivity index (χ2n) is 4.23. The molecule has 21 heavy (non-hydrogen) atoms. The molecule has 0 bridgehead atoms. The van der Waals surface area contributed by atoms with Crippen LogP contribution in [-0.4, -0.2) is 29.8 Å². The number of esters is 1. The summed E-state index contributed by atoms with van der Waals surface area (Å²) in [6.45, 7) is 1.51. The van der Waals surface area contributed by atoms with Crippen molar-refractivity contribution in [2.45, 2.75) is 31.5 Å². The number of carbonyl (C=O) groups excluding carboxylic acids is 1. The highest BCUT2D eigenvalue weighted by molar-refractivity contribution is 5.91. The molecule has 1 aromatic carbocycles. The number of rotatable bonds is 5. The third kappa shape index (κ3) is 4.13. The van der Waals surface area contributed by atoms with Crippen LogP contribution in [0.1, 0.15) is 35.4 Å². The smallest absolute Gasteiger partial charge is 0.453 e. The second kappa shape index (κ2) is 6.38. The van der Waals surface area contributed by atoms with Gasteiger partial charge >= 0.3 is 18.1 Å². The predicted octanol–water partition coefficient (Wildman–Crippen LogP) is 3.48. The van der Waals surface area contributed by atoms with Gasteiger partial charge in [0.1, 0.15) is 0 Å². The van der Waals surface area contributed by atoms with E-state index < -0.39 is 30.6 Å². The van der Waals surface area contributed by atoms with Gasteiger partial charge in [0.15, 0.2) is 0 Å². The lowest BCUT2D eigenvalue weighted by Gasteiger charge is -2.23. The Bertz CT molecular complexity index is 499. The van der Waals surface area contributed by atoms with Crippen molar-refractivity contribution in [1.29, 1.82) is 0 Å². The third-order valence-electron chi connectivity index (χ3n) is 2.68. The fourth-order valence-corrected chi connectivity index (χ4v) is 1.65. The van der Waals surface area contributed by atoms with Gasteiger partial charge in [0.25, 0.3) is 0 Å². The molecule has 0 aromatic heterocycles. The van der Waals surface area contributed by atoms with Crippen molar-refractivity contribution in [3.63, 3.8) is 0 Å². The van der Waals surface area contributed by atoms with Crippen LogP contribution in [0.15, 0.2) is 24.3 Å². The molecular weight excluding hydrogens is 299 g/mol. The molecule has 0 amide bonds. The number of carbonyl (C=O) groups is 1. The van der Waals surface area contributed by atoms with Crippen LogP contribution in [0.25, 0.3) is 0 Å². The number of benzene rings is 1. The minimum atomic E-state index is -5.77. The molecule has 0 fully saturated rings. The van der Waals surface area contributed by atoms with Gasteiger partial charge in [0.2, 0.25) is 0 Å². The van der Waals surface area contributed by atoms with Crippen LogP contribution in [0.2, 0.25) is 0 Å². The zero-order chi connectivity index (χ0) is 16.3. The maximum Gasteiger partial charge on any atom is 0.453 e. The molecule has 0 aliphatic rings. The van der Waals surface area contributed by atoms with Gasteiger partial charge in [-0.3, -0.25) is 0 Å². The molecule has 0 radical (unpaired) electrons. The van der Waals surface area contributed by atoms with Gasteiger partial charge in [-0.05, 0) is 18.6 Å². The van der Waals surface area contributed by atoms with E-state index in [4.69, 9.17) is 0 Å². The van der Waals surface area contributed by atoms with Gasteiger partial charge < -0.3 is 9.84 Å². The normalized spacial score (nSPS) is 13.9. The maximum atomic E-state index is 12.9. The summed E-state index contributed by atoms with van der Waals surface area (Å²) in [5.74, 6) is -5.96. The standard InChI is InChI=1S/C13H13F5O3/c1-2-21-11(20)9-6-4-3-5-8(9)10(19)7-12(14,15)13(16,17)18/h3-6,10,19H,2,7H2,1H3. The SMILES string of the molecule is CCOC(=O)c1ccccc1C(O)CC(F)(F)C(F)(F)F. The molecule has 0 saturated carbocycles. The van der Waals surface area contributed by atoms with E-state index in [0.29, 0.717) is 0 Å². The van der Waals surface area contributed by atoms with Gasteiger partial charge in [0.05, 0.1) is 24.7 Å². The Labute approximate surface area is 117 Å². The number of alkyl halides is 5. The summed E-state index contributed by atoms with van der Waals surface area (Å²) < 4.78 is 67.0. The lowest BCUT2D eigenvalue weighted by Crippen LogP contribution is -2.38. The number of hydrogen-bond acceptors (Lipinski definition) is 3. The molecule has 1 unspecified atom stereocenters. The zero-order valence-corrected chi connectivity index (χ0v) is 11.0. The van der Waals surface area contributed by atoms with E-state index in [2.05, 4.69) is 4.74 Å². The van der Waals surface area contributed by atoms with E-state index in [0.717, 1.165) is 6.07 Å². The fraction of sp³-hybridized carbons (Fsp3) is 0.462. The van der Waals surface area contributed by atoms with Gasteiger partial charge in [-0.1, -0.05) is 18.2 Å². The molecule has 1 rings (SSSR count). The molecule has 1 aromatic rings. The maximum absolute atomic E-state index is 12.9. The number of hydrogen-bond donors (Lipinski definition) is 1. The average molecular weight is 312 g/mol. The highest BCUT2D eigenvalue weighted by Crippen LogP contribution is 2.42. The van der Waals surface area contributed by atoms with E-state index >= 15 is 0 Å². The molecule has 118 valence electrons. The molecule has 0 aliphatic carbocycles. The highest BCUT2D eigenvalue weighted by Gasteiger charge is 2.58. The molecule has 0 saturated heterocycles. The molecule has 1 atom stereocenters. The van der Waals surface area contributed by atoms with Crippen molar-refractivity contribution in [3.05, 3.63) is 35.4 Å². The van der Waals surface area contributed by atoms with Crippen molar-refractivity contribution >= 4 is 5.97 Å². The number of halogens is 5. The Hall–Kier alpha value is -1.70. The van der Waals surface area contributed by atoms with Gasteiger partial charge in [-0.25, -0.2) is 4.79 Å². The summed E-state index contributed by atoms with van der Waals surface area (Å²) in [5.41, 5.74) is -0.579. The number of aliphatic hydroxyl groups excluding tert-OH is 1. The van der Waals surface area contributed by atoms with Crippen molar-refractivity contribution in [1.82, 2.24) is 0 Å². The Morgan fingerprint density at radius 3 is 2.33 bits per heavy atom. The molecule has 8 heteroatoms. The summed E-state index contributed by atoms with van der Waals surface area (Å²) in [7, 11) is 0. The largest absolute Gasteiger partial charge is 0.462 e. The summed E-state index contributed by atoms with van der Waals surface area (Å²) in [6.07, 6.45) is -9.79. The Morgan fingerprint density at radius 2 is 1.81 bits per heavy atom. The van der Waals surface area contributed by atoms with E-state index in [-0.39, 0.29) is 17.7 Å². The van der Waals surface area contributed by atoms with Crippen molar-refractivity contribution in [3.8, 4) is 0 Å². The fourth-order valence-electron chi connectivity index (χ4n) is 1.65. The van der Waals surface area contributed by atoms with Gasteiger partial charge in [-0.15, -0.1) is 0 Å². The molecule has 0 aliphatic heterocycles. The first-order valence-corrected chi connectivity index (χ1v) is 5.98. The molecule has 3 nitrogen and oxygen atoms in total. The number of aliphatic hydroxyl groups is 1. The van der Waals surface area contributed by atoms with Crippen LogP contribution in [-0.2, 0) is 4.74 Å². The molecule has 1 N–H and O–H groups in total. The van der Waals surface area contributed by atoms with Gasteiger partial charge in [0, 0.05) is 0 Å². The van der Waals surface area contributed by atoms with Crippen LogP contribution in [0.5, 0.6) is 0 Å². The Kier molecular flexibility index (Phi) is 5.27. The Morgan fingerprint density at radius 1 is 1.24 bits per heavy atom. The van der Waals surface area contributed by atoms with E-state index in [9.17, 15) is 31.9 Å². The highest BCUT2D eigenvalue weighted by atomic mass is 19.4. The summed E-state index contributed by atoms with van der Waals surface area (Å²) >= 11 is 0. The monoisotopic (exact) mass is 312 g/mol. The quantitative estimate of drug-likeness (QED) is 0.669. The molecule has 0 spiro atoms. The van der Waals surface area contributed by atoms with Crippen LogP contribution in [0.3, 0.4) is 0 Å². The zero-order valence-electron chi connectivity index (χ0n) is 11.0. The predicted molar refractivity (Wildman–Crippen MR) is 63.0 cm³/mol. The molecular formula is C13H13F5O3. The first-order chi connectivity index (χ1) is 9.60. The first-order valence-electron chi connectivity index (χ1n) is 5.98. The van der Waals surface area contributed by atoms with Crippen molar-refractivity contribution < 1.29 is 36.6 Å². The van der Waals surface area contributed by atoms with Crippen LogP contribution >= 0.6 is 0 Å². The lowest BCUT2D eigenvalue weighted by atomic mass is 9.97. The van der Waals surface area contributed by atoms with E-state index in [1.807, 2.05) is 0 Å². The third-order valence-corrected chi connectivity index (χ3v) is 2.68. The minimum absolute atomic E-state index is 0.00196. The van der Waals surface area contributed by atoms with Crippen LogP contribution in [0.4, 0.5) is 22.0 Å². The van der Waals surface area contributed by atoms with Gasteiger partial charge in [-0.2, -0.15) is 22.0 Å². The molecule has 0 heterocycles. The summed E-state index contributed by atoms with van der Waals surface area (Å²) in [4.78, 5) is 11.6. The minimum Gasteiger partial charge on any atom is -0.462 e. The summed E-state index contributed by atoms with van der Waals surface area (Å²) in [5, 5.41) is 9.63. The van der Waals surface area contributed by atoms with Crippen LogP contribution in [0, 0.1) is 0 Å². The average Bonchev–Trinajstić information content (AvgIpc) is 2.37. The first kappa shape index (κ1) is 17.4. The van der Waals surface area contributed by atoms with Crippen LogP contribution < -0.4 is 0 Å².